The second-order valence-corrected chi connectivity index (χ2v) is 7.43. The molecule has 6 nitrogen and oxygen atoms in total. The highest BCUT2D eigenvalue weighted by molar-refractivity contribution is 7.89. The number of carbonyl (C=O) groups excluding carboxylic acids is 1. The first-order valence-corrected chi connectivity index (χ1v) is 8.37. The number of nitrogens with zero attached hydrogens (tertiary/aromatic N) is 1. The van der Waals surface area contributed by atoms with Crippen molar-refractivity contribution in [2.45, 2.75) is 23.8 Å². The molecule has 1 aromatic rings. The number of hydrogen-bond donors (Lipinski definition) is 1. The Morgan fingerprint density at radius 3 is 2.59 bits per heavy atom. The Morgan fingerprint density at radius 1 is 1.36 bits per heavy atom. The summed E-state index contributed by atoms with van der Waals surface area (Å²) in [6.07, 6.45) is 5.04. The summed E-state index contributed by atoms with van der Waals surface area (Å²) in [5.74, 6) is 0.101. The molecular formula is C15H20N2O4S. The third kappa shape index (κ3) is 3.86. The van der Waals surface area contributed by atoms with Crippen LogP contribution in [0.25, 0.3) is 6.08 Å². The van der Waals surface area contributed by atoms with Crippen LogP contribution in [-0.2, 0) is 14.8 Å². The molecule has 22 heavy (non-hydrogen) atoms. The van der Waals surface area contributed by atoms with Crippen molar-refractivity contribution >= 4 is 22.0 Å². The zero-order chi connectivity index (χ0) is 16.3. The second kappa shape index (κ2) is 6.50. The predicted molar refractivity (Wildman–Crippen MR) is 84.1 cm³/mol. The molecule has 0 unspecified atom stereocenters. The monoisotopic (exact) mass is 324 g/mol. The number of amides is 1. The van der Waals surface area contributed by atoms with Gasteiger partial charge in [-0.2, -0.15) is 0 Å². The second-order valence-electron chi connectivity index (χ2n) is 5.31. The van der Waals surface area contributed by atoms with Crippen LogP contribution in [-0.4, -0.2) is 45.9 Å². The number of sulfonamides is 1. The quantitative estimate of drug-likeness (QED) is 0.799. The van der Waals surface area contributed by atoms with E-state index in [9.17, 15) is 13.2 Å². The Kier molecular flexibility index (Phi) is 4.87. The summed E-state index contributed by atoms with van der Waals surface area (Å²) < 4.78 is 30.8. The van der Waals surface area contributed by atoms with Crippen LogP contribution in [0.4, 0.5) is 0 Å². The Hall–Kier alpha value is -1.86. The summed E-state index contributed by atoms with van der Waals surface area (Å²) in [7, 11) is 0.721. The van der Waals surface area contributed by atoms with E-state index in [0.29, 0.717) is 5.56 Å². The number of hydrogen-bond acceptors (Lipinski definition) is 4. The molecule has 1 saturated carbocycles. The number of nitrogens with one attached hydrogen (secondary N) is 1. The summed E-state index contributed by atoms with van der Waals surface area (Å²) in [6, 6.07) is 5.07. The number of methoxy groups -OCH3 is 1. The lowest BCUT2D eigenvalue weighted by Gasteiger charge is -2.14. The Bertz CT molecular complexity index is 691. The summed E-state index contributed by atoms with van der Waals surface area (Å²) in [5, 5.41) is 2.83. The van der Waals surface area contributed by atoms with E-state index in [1.807, 2.05) is 0 Å². The third-order valence-corrected chi connectivity index (χ3v) is 5.13. The van der Waals surface area contributed by atoms with Gasteiger partial charge >= 0.3 is 0 Å². The molecule has 1 N–H and O–H groups in total. The van der Waals surface area contributed by atoms with Crippen molar-refractivity contribution in [3.63, 3.8) is 0 Å². The third-order valence-electron chi connectivity index (χ3n) is 3.30. The van der Waals surface area contributed by atoms with E-state index < -0.39 is 10.0 Å². The summed E-state index contributed by atoms with van der Waals surface area (Å²) >= 11 is 0. The minimum Gasteiger partial charge on any atom is -0.495 e. The van der Waals surface area contributed by atoms with Crippen molar-refractivity contribution in [1.29, 1.82) is 0 Å². The minimum atomic E-state index is -3.62. The van der Waals surface area contributed by atoms with E-state index >= 15 is 0 Å². The van der Waals surface area contributed by atoms with Crippen molar-refractivity contribution in [3.8, 4) is 5.75 Å². The lowest BCUT2D eigenvalue weighted by molar-refractivity contribution is -0.116. The Labute approximate surface area is 130 Å². The highest BCUT2D eigenvalue weighted by atomic mass is 32.2. The van der Waals surface area contributed by atoms with Crippen LogP contribution in [0.15, 0.2) is 29.2 Å². The molecule has 1 fully saturated rings. The van der Waals surface area contributed by atoms with Gasteiger partial charge < -0.3 is 10.1 Å². The molecule has 0 heterocycles. The average Bonchev–Trinajstić information content (AvgIpc) is 3.28. The number of ether oxygens (including phenoxy) is 1. The molecule has 1 aliphatic carbocycles. The topological polar surface area (TPSA) is 75.7 Å². The zero-order valence-electron chi connectivity index (χ0n) is 12.9. The van der Waals surface area contributed by atoms with Gasteiger partial charge in [-0.05, 0) is 36.6 Å². The molecule has 0 atom stereocenters. The van der Waals surface area contributed by atoms with Gasteiger partial charge in [-0.25, -0.2) is 12.7 Å². The Balaban J connectivity index is 2.26. The summed E-state index contributed by atoms with van der Waals surface area (Å²) in [6.45, 7) is 0. The molecule has 1 aliphatic rings. The molecular weight excluding hydrogens is 304 g/mol. The molecule has 0 aliphatic heterocycles. The Morgan fingerprint density at radius 2 is 2.05 bits per heavy atom. The molecule has 0 bridgehead atoms. The van der Waals surface area contributed by atoms with Crippen molar-refractivity contribution in [2.24, 2.45) is 0 Å². The van der Waals surface area contributed by atoms with E-state index in [1.165, 1.54) is 33.3 Å². The normalized spacial score (nSPS) is 15.3. The smallest absolute Gasteiger partial charge is 0.246 e. The fraction of sp³-hybridized carbons (Fsp3) is 0.400. The van der Waals surface area contributed by atoms with E-state index in [1.54, 1.807) is 18.2 Å². The highest BCUT2D eigenvalue weighted by Crippen LogP contribution is 2.27. The van der Waals surface area contributed by atoms with Gasteiger partial charge in [0.15, 0.2) is 0 Å². The lowest BCUT2D eigenvalue weighted by Crippen LogP contribution is -2.23. The lowest BCUT2D eigenvalue weighted by atomic mass is 10.2. The van der Waals surface area contributed by atoms with Gasteiger partial charge in [0.25, 0.3) is 0 Å². The highest BCUT2D eigenvalue weighted by Gasteiger charge is 2.23. The van der Waals surface area contributed by atoms with Crippen LogP contribution >= 0.6 is 0 Å². The number of benzene rings is 1. The van der Waals surface area contributed by atoms with Crippen LogP contribution in [0.1, 0.15) is 18.4 Å². The molecule has 0 radical (unpaired) electrons. The van der Waals surface area contributed by atoms with Crippen LogP contribution in [0.2, 0.25) is 0 Å². The van der Waals surface area contributed by atoms with Crippen LogP contribution in [0, 0.1) is 0 Å². The van der Waals surface area contributed by atoms with E-state index in [0.717, 1.165) is 17.1 Å². The van der Waals surface area contributed by atoms with E-state index in [2.05, 4.69) is 5.32 Å². The SMILES string of the molecule is COc1ccc(/C=C/C(=O)NC2CC2)cc1S(=O)(=O)N(C)C. The van der Waals surface area contributed by atoms with Crippen LogP contribution in [0.3, 0.4) is 0 Å². The van der Waals surface area contributed by atoms with Gasteiger partial charge in [0.2, 0.25) is 15.9 Å². The van der Waals surface area contributed by atoms with Gasteiger partial charge in [-0.3, -0.25) is 4.79 Å². The van der Waals surface area contributed by atoms with Crippen molar-refractivity contribution in [3.05, 3.63) is 29.8 Å². The maximum Gasteiger partial charge on any atom is 0.246 e. The fourth-order valence-corrected chi connectivity index (χ4v) is 2.93. The standard InChI is InChI=1S/C15H20N2O4S/c1-17(2)22(19,20)14-10-11(4-8-13(14)21-3)5-9-15(18)16-12-6-7-12/h4-5,8-10,12H,6-7H2,1-3H3,(H,16,18)/b9-5+. The maximum atomic E-state index is 12.3. The van der Waals surface area contributed by atoms with Crippen molar-refractivity contribution in [1.82, 2.24) is 9.62 Å². The van der Waals surface area contributed by atoms with Crippen LogP contribution in [0.5, 0.6) is 5.75 Å². The molecule has 0 spiro atoms. The predicted octanol–water partition coefficient (Wildman–Crippen LogP) is 1.24. The first-order valence-electron chi connectivity index (χ1n) is 6.93. The number of rotatable bonds is 6. The maximum absolute atomic E-state index is 12.3. The summed E-state index contributed by atoms with van der Waals surface area (Å²) in [4.78, 5) is 11.7. The van der Waals surface area contributed by atoms with Crippen molar-refractivity contribution in [2.75, 3.05) is 21.2 Å². The first kappa shape index (κ1) is 16.5. The van der Waals surface area contributed by atoms with Crippen molar-refractivity contribution < 1.29 is 17.9 Å². The van der Waals surface area contributed by atoms with Gasteiger partial charge in [-0.1, -0.05) is 6.07 Å². The largest absolute Gasteiger partial charge is 0.495 e. The molecule has 1 amide bonds. The minimum absolute atomic E-state index is 0.0738. The zero-order valence-corrected chi connectivity index (χ0v) is 13.7. The molecule has 7 heteroatoms. The molecule has 0 aromatic heterocycles. The molecule has 120 valence electrons. The van der Waals surface area contributed by atoms with E-state index in [-0.39, 0.29) is 22.6 Å². The first-order chi connectivity index (χ1) is 10.3. The molecule has 0 saturated heterocycles. The van der Waals surface area contributed by atoms with E-state index in [4.69, 9.17) is 4.74 Å². The summed E-state index contributed by atoms with van der Waals surface area (Å²) in [5.41, 5.74) is 0.618. The fourth-order valence-electron chi connectivity index (χ4n) is 1.84. The van der Waals surface area contributed by atoms with Gasteiger partial charge in [-0.15, -0.1) is 0 Å². The van der Waals surface area contributed by atoms with Gasteiger partial charge in [0.1, 0.15) is 10.6 Å². The number of carbonyl (C=O) groups is 1. The molecule has 1 aromatic carbocycles. The molecule has 2 rings (SSSR count). The van der Waals surface area contributed by atoms with Gasteiger partial charge in [0.05, 0.1) is 7.11 Å². The van der Waals surface area contributed by atoms with Gasteiger partial charge in [0, 0.05) is 26.2 Å². The average molecular weight is 324 g/mol. The van der Waals surface area contributed by atoms with Crippen LogP contribution < -0.4 is 10.1 Å².